The molecule has 0 spiro atoms. The second kappa shape index (κ2) is 7.16. The summed E-state index contributed by atoms with van der Waals surface area (Å²) in [6, 6.07) is 0. The minimum Gasteiger partial charge on any atom is -0.481 e. The Morgan fingerprint density at radius 1 is 1.63 bits per heavy atom. The third-order valence-electron chi connectivity index (χ3n) is 2.81. The quantitative estimate of drug-likeness (QED) is 0.768. The normalized spacial score (nSPS) is 18.9. The number of hydrogen-bond acceptors (Lipinski definition) is 6. The number of methoxy groups -OCH3 is 1. The maximum atomic E-state index is 10.7. The smallest absolute Gasteiger partial charge is 0.313 e. The van der Waals surface area contributed by atoms with Crippen molar-refractivity contribution in [3.05, 3.63) is 5.82 Å². The number of thioether (sulfide) groups is 2. The van der Waals surface area contributed by atoms with Crippen LogP contribution in [0.5, 0.6) is 0 Å². The van der Waals surface area contributed by atoms with E-state index < -0.39 is 5.97 Å². The Bertz CT molecular complexity index is 433. The number of hydrogen-bond donors (Lipinski definition) is 1. The number of carbonyl (C=O) groups is 1. The summed E-state index contributed by atoms with van der Waals surface area (Å²) in [6.45, 7) is 1.24. The van der Waals surface area contributed by atoms with Gasteiger partial charge in [0.2, 0.25) is 0 Å². The predicted molar refractivity (Wildman–Crippen MR) is 74.7 cm³/mol. The van der Waals surface area contributed by atoms with Crippen LogP contribution in [-0.2, 0) is 16.1 Å². The average Bonchev–Trinajstić information content (AvgIpc) is 3.02. The molecule has 2 heterocycles. The number of aliphatic carboxylic acids is 1. The highest BCUT2D eigenvalue weighted by Gasteiger charge is 2.25. The third-order valence-corrected chi connectivity index (χ3v) is 5.13. The number of aromatic nitrogens is 3. The summed E-state index contributed by atoms with van der Waals surface area (Å²) >= 11 is 3.10. The van der Waals surface area contributed by atoms with Crippen molar-refractivity contribution in [2.75, 3.05) is 25.2 Å². The van der Waals surface area contributed by atoms with Crippen LogP contribution in [0.4, 0.5) is 0 Å². The lowest BCUT2D eigenvalue weighted by Crippen LogP contribution is -2.11. The highest BCUT2D eigenvalue weighted by molar-refractivity contribution is 8.00. The van der Waals surface area contributed by atoms with Gasteiger partial charge in [0.1, 0.15) is 5.82 Å². The Balaban J connectivity index is 2.14. The van der Waals surface area contributed by atoms with Gasteiger partial charge < -0.3 is 14.4 Å². The van der Waals surface area contributed by atoms with Crippen LogP contribution in [0.1, 0.15) is 23.9 Å². The van der Waals surface area contributed by atoms with Crippen molar-refractivity contribution < 1.29 is 14.6 Å². The van der Waals surface area contributed by atoms with Crippen LogP contribution in [-0.4, -0.2) is 51.1 Å². The molecule has 19 heavy (non-hydrogen) atoms. The summed E-state index contributed by atoms with van der Waals surface area (Å²) < 4.78 is 7.10. The molecule has 1 N–H and O–H groups in total. The van der Waals surface area contributed by atoms with Gasteiger partial charge in [-0.2, -0.15) is 11.8 Å². The van der Waals surface area contributed by atoms with E-state index in [0.29, 0.717) is 23.6 Å². The minimum absolute atomic E-state index is 0.00290. The standard InChI is InChI=1S/C11H17N3O3S2/c1-17-5-4-14-10(8-3-2-6-18-8)12-13-11(14)19-7-9(15)16/h8H,2-7H2,1H3,(H,15,16). The van der Waals surface area contributed by atoms with E-state index in [0.717, 1.165) is 18.0 Å². The van der Waals surface area contributed by atoms with Gasteiger partial charge in [0.25, 0.3) is 0 Å². The van der Waals surface area contributed by atoms with Crippen LogP contribution >= 0.6 is 23.5 Å². The first-order valence-electron chi connectivity index (χ1n) is 6.10. The van der Waals surface area contributed by atoms with Gasteiger partial charge in [-0.1, -0.05) is 11.8 Å². The van der Waals surface area contributed by atoms with E-state index in [1.165, 1.54) is 18.2 Å². The van der Waals surface area contributed by atoms with E-state index in [1.807, 2.05) is 16.3 Å². The molecule has 2 rings (SSSR count). The zero-order valence-electron chi connectivity index (χ0n) is 10.7. The monoisotopic (exact) mass is 303 g/mol. The average molecular weight is 303 g/mol. The number of rotatable bonds is 7. The molecule has 1 aliphatic rings. The second-order valence-corrected chi connectivity index (χ2v) is 6.42. The van der Waals surface area contributed by atoms with Gasteiger partial charge in [0, 0.05) is 13.7 Å². The lowest BCUT2D eigenvalue weighted by atomic mass is 10.2. The van der Waals surface area contributed by atoms with Crippen LogP contribution in [0, 0.1) is 0 Å². The molecule has 0 saturated carbocycles. The first-order valence-corrected chi connectivity index (χ1v) is 8.14. The van der Waals surface area contributed by atoms with E-state index in [2.05, 4.69) is 10.2 Å². The molecule has 1 aliphatic heterocycles. The van der Waals surface area contributed by atoms with Gasteiger partial charge in [-0.15, -0.1) is 10.2 Å². The highest BCUT2D eigenvalue weighted by atomic mass is 32.2. The number of carboxylic acid groups (broad SMARTS) is 1. The van der Waals surface area contributed by atoms with Gasteiger partial charge in [-0.25, -0.2) is 0 Å². The zero-order chi connectivity index (χ0) is 13.7. The molecule has 0 aromatic carbocycles. The molecular formula is C11H17N3O3S2. The van der Waals surface area contributed by atoms with Gasteiger partial charge in [-0.05, 0) is 18.6 Å². The fourth-order valence-electron chi connectivity index (χ4n) is 1.95. The first kappa shape index (κ1) is 14.7. The van der Waals surface area contributed by atoms with Crippen molar-refractivity contribution in [3.8, 4) is 0 Å². The minimum atomic E-state index is -0.844. The Morgan fingerprint density at radius 2 is 2.47 bits per heavy atom. The summed E-state index contributed by atoms with van der Waals surface area (Å²) in [4.78, 5) is 10.7. The number of ether oxygens (including phenoxy) is 1. The van der Waals surface area contributed by atoms with Crippen LogP contribution in [0.25, 0.3) is 0 Å². The van der Waals surface area contributed by atoms with Gasteiger partial charge in [-0.3, -0.25) is 4.79 Å². The van der Waals surface area contributed by atoms with E-state index >= 15 is 0 Å². The summed E-state index contributed by atoms with van der Waals surface area (Å²) in [5, 5.41) is 18.2. The lowest BCUT2D eigenvalue weighted by molar-refractivity contribution is -0.133. The summed E-state index contributed by atoms with van der Waals surface area (Å²) in [5.41, 5.74) is 0. The molecule has 1 unspecified atom stereocenters. The fraction of sp³-hybridized carbons (Fsp3) is 0.727. The van der Waals surface area contributed by atoms with E-state index in [9.17, 15) is 4.79 Å². The maximum absolute atomic E-state index is 10.7. The van der Waals surface area contributed by atoms with Crippen molar-refractivity contribution in [2.45, 2.75) is 29.8 Å². The molecule has 0 radical (unpaired) electrons. The molecule has 0 aliphatic carbocycles. The number of carboxylic acids is 1. The maximum Gasteiger partial charge on any atom is 0.313 e. The second-order valence-electron chi connectivity index (χ2n) is 4.17. The predicted octanol–water partition coefficient (Wildman–Crippen LogP) is 1.67. The third kappa shape index (κ3) is 3.87. The van der Waals surface area contributed by atoms with Crippen molar-refractivity contribution >= 4 is 29.5 Å². The van der Waals surface area contributed by atoms with Crippen molar-refractivity contribution in [3.63, 3.8) is 0 Å². The van der Waals surface area contributed by atoms with Crippen molar-refractivity contribution in [1.29, 1.82) is 0 Å². The van der Waals surface area contributed by atoms with Crippen LogP contribution in [0.2, 0.25) is 0 Å². The van der Waals surface area contributed by atoms with Gasteiger partial charge in [0.15, 0.2) is 5.16 Å². The number of nitrogens with zero attached hydrogens (tertiary/aromatic N) is 3. The molecule has 0 amide bonds. The van der Waals surface area contributed by atoms with E-state index in [1.54, 1.807) is 7.11 Å². The van der Waals surface area contributed by atoms with Gasteiger partial charge >= 0.3 is 5.97 Å². The Morgan fingerprint density at radius 3 is 3.11 bits per heavy atom. The molecule has 1 atom stereocenters. The summed E-state index contributed by atoms with van der Waals surface area (Å²) in [7, 11) is 1.65. The topological polar surface area (TPSA) is 77.2 Å². The van der Waals surface area contributed by atoms with Gasteiger partial charge in [0.05, 0.1) is 17.6 Å². The Hall–Kier alpha value is -0.730. The SMILES string of the molecule is COCCn1c(SCC(=O)O)nnc1C1CCCS1. The van der Waals surface area contributed by atoms with Crippen LogP contribution in [0.3, 0.4) is 0 Å². The molecule has 1 saturated heterocycles. The molecule has 106 valence electrons. The largest absolute Gasteiger partial charge is 0.481 e. The van der Waals surface area contributed by atoms with E-state index in [-0.39, 0.29) is 5.75 Å². The van der Waals surface area contributed by atoms with Crippen molar-refractivity contribution in [2.24, 2.45) is 0 Å². The molecule has 6 nitrogen and oxygen atoms in total. The Labute approximate surface area is 120 Å². The van der Waals surface area contributed by atoms with Crippen LogP contribution < -0.4 is 0 Å². The summed E-state index contributed by atoms with van der Waals surface area (Å²) in [5.74, 6) is 1.26. The molecule has 8 heteroatoms. The van der Waals surface area contributed by atoms with E-state index in [4.69, 9.17) is 9.84 Å². The molecular weight excluding hydrogens is 286 g/mol. The Kier molecular flexibility index (Phi) is 5.53. The van der Waals surface area contributed by atoms with Crippen LogP contribution in [0.15, 0.2) is 5.16 Å². The highest BCUT2D eigenvalue weighted by Crippen LogP contribution is 2.39. The molecule has 1 fully saturated rings. The zero-order valence-corrected chi connectivity index (χ0v) is 12.4. The summed E-state index contributed by atoms with van der Waals surface area (Å²) in [6.07, 6.45) is 2.31. The van der Waals surface area contributed by atoms with Crippen molar-refractivity contribution in [1.82, 2.24) is 14.8 Å². The first-order chi connectivity index (χ1) is 9.22. The fourth-order valence-corrected chi connectivity index (χ4v) is 3.91. The molecule has 1 aromatic heterocycles. The molecule has 0 bridgehead atoms. The lowest BCUT2D eigenvalue weighted by Gasteiger charge is -2.12. The molecule has 1 aromatic rings.